The molecule has 2 atom stereocenters. The highest BCUT2D eigenvalue weighted by molar-refractivity contribution is 6.04. The summed E-state index contributed by atoms with van der Waals surface area (Å²) in [6.07, 6.45) is 0.436. The average molecular weight is 476 g/mol. The number of hydrogen-bond donors (Lipinski definition) is 4. The van der Waals surface area contributed by atoms with Crippen molar-refractivity contribution in [2.24, 2.45) is 5.92 Å². The second-order valence-corrected chi connectivity index (χ2v) is 9.80. The van der Waals surface area contributed by atoms with Gasteiger partial charge in [-0.1, -0.05) is 44.2 Å². The molecule has 34 heavy (non-hydrogen) atoms. The van der Waals surface area contributed by atoms with Gasteiger partial charge in [0.2, 0.25) is 0 Å². The van der Waals surface area contributed by atoms with Crippen LogP contribution in [0.4, 0.5) is 14.4 Å². The Balaban J connectivity index is 1.93. The van der Waals surface area contributed by atoms with E-state index in [2.05, 4.69) is 21.3 Å². The molecule has 0 spiro atoms. The first-order valence-electron chi connectivity index (χ1n) is 11.6. The predicted molar refractivity (Wildman–Crippen MR) is 128 cm³/mol. The Labute approximate surface area is 201 Å². The van der Waals surface area contributed by atoms with Gasteiger partial charge < -0.3 is 26.0 Å². The molecule has 10 heteroatoms. The van der Waals surface area contributed by atoms with Gasteiger partial charge in [-0.25, -0.2) is 14.4 Å². The molecule has 6 amide bonds. The highest BCUT2D eigenvalue weighted by Gasteiger charge is 2.39. The van der Waals surface area contributed by atoms with Crippen molar-refractivity contribution in [2.45, 2.75) is 65.1 Å². The SMILES string of the molecule is CC(C)C[C@@H]1NC(=O)N(C[C@H](Cc2ccccc2)NC(=O)NCCNC(=O)OC(C)(C)C)C1=O. The van der Waals surface area contributed by atoms with E-state index < -0.39 is 35.8 Å². The number of urea groups is 2. The number of nitrogens with zero attached hydrogens (tertiary/aromatic N) is 1. The summed E-state index contributed by atoms with van der Waals surface area (Å²) >= 11 is 0. The van der Waals surface area contributed by atoms with Crippen molar-refractivity contribution in [1.82, 2.24) is 26.2 Å². The van der Waals surface area contributed by atoms with Crippen molar-refractivity contribution in [3.63, 3.8) is 0 Å². The van der Waals surface area contributed by atoms with E-state index in [0.29, 0.717) is 12.8 Å². The van der Waals surface area contributed by atoms with Crippen LogP contribution in [-0.2, 0) is 16.0 Å². The molecule has 0 bridgehead atoms. The standard InChI is InChI=1S/C24H37N5O5/c1-16(2)13-19-20(30)29(22(32)28-19)15-18(14-17-9-7-6-8-10-17)27-21(31)25-11-12-26-23(33)34-24(3,4)5/h6-10,16,18-19H,11-15H2,1-5H3,(H,26,33)(H,28,32)(H2,25,27,31)/t18-,19-/m0/s1. The maximum atomic E-state index is 12.8. The zero-order chi connectivity index (χ0) is 25.3. The molecular formula is C24H37N5O5. The maximum Gasteiger partial charge on any atom is 0.407 e. The normalized spacial score (nSPS) is 16.8. The first-order chi connectivity index (χ1) is 15.9. The highest BCUT2D eigenvalue weighted by atomic mass is 16.6. The van der Waals surface area contributed by atoms with Gasteiger partial charge in [0.1, 0.15) is 11.6 Å². The number of alkyl carbamates (subject to hydrolysis) is 1. The molecular weight excluding hydrogens is 438 g/mol. The van der Waals surface area contributed by atoms with E-state index >= 15 is 0 Å². The van der Waals surface area contributed by atoms with E-state index in [1.54, 1.807) is 20.8 Å². The van der Waals surface area contributed by atoms with Gasteiger partial charge in [0, 0.05) is 13.1 Å². The van der Waals surface area contributed by atoms with Crippen LogP contribution in [0, 0.1) is 5.92 Å². The van der Waals surface area contributed by atoms with Gasteiger partial charge in [-0.15, -0.1) is 0 Å². The summed E-state index contributed by atoms with van der Waals surface area (Å²) < 4.78 is 5.15. The number of ether oxygens (including phenoxy) is 1. The molecule has 0 aromatic heterocycles. The van der Waals surface area contributed by atoms with Crippen LogP contribution in [0.1, 0.15) is 46.6 Å². The Hall–Kier alpha value is -3.30. The minimum atomic E-state index is -0.604. The molecule has 1 aromatic carbocycles. The summed E-state index contributed by atoms with van der Waals surface area (Å²) in [7, 11) is 0. The molecule has 1 aliphatic heterocycles. The van der Waals surface area contributed by atoms with E-state index in [4.69, 9.17) is 4.74 Å². The summed E-state index contributed by atoms with van der Waals surface area (Å²) in [5.74, 6) is -0.0203. The number of nitrogens with one attached hydrogen (secondary N) is 4. The Morgan fingerprint density at radius 1 is 1.09 bits per heavy atom. The monoisotopic (exact) mass is 475 g/mol. The van der Waals surface area contributed by atoms with Crippen LogP contribution in [0.15, 0.2) is 30.3 Å². The first-order valence-corrected chi connectivity index (χ1v) is 11.6. The summed E-state index contributed by atoms with van der Waals surface area (Å²) in [6.45, 7) is 9.70. The summed E-state index contributed by atoms with van der Waals surface area (Å²) in [4.78, 5) is 50.6. The fraction of sp³-hybridized carbons (Fsp3) is 0.583. The molecule has 1 aliphatic rings. The lowest BCUT2D eigenvalue weighted by Gasteiger charge is -2.24. The van der Waals surface area contributed by atoms with Gasteiger partial charge in [-0.05, 0) is 45.1 Å². The zero-order valence-electron chi connectivity index (χ0n) is 20.6. The Kier molecular flexibility index (Phi) is 9.70. The third-order valence-corrected chi connectivity index (χ3v) is 4.96. The smallest absolute Gasteiger partial charge is 0.407 e. The van der Waals surface area contributed by atoms with Gasteiger partial charge in [0.05, 0.1) is 12.6 Å². The van der Waals surface area contributed by atoms with E-state index in [-0.39, 0.29) is 31.5 Å². The van der Waals surface area contributed by atoms with Gasteiger partial charge in [0.25, 0.3) is 5.91 Å². The maximum absolute atomic E-state index is 12.8. The summed E-state index contributed by atoms with van der Waals surface area (Å²) in [6, 6.07) is 7.57. The van der Waals surface area contributed by atoms with Gasteiger partial charge in [0.15, 0.2) is 0 Å². The third kappa shape index (κ3) is 9.29. The van der Waals surface area contributed by atoms with Gasteiger partial charge in [-0.3, -0.25) is 9.69 Å². The van der Waals surface area contributed by atoms with Crippen LogP contribution >= 0.6 is 0 Å². The Bertz CT molecular complexity index is 853. The number of carbonyl (C=O) groups excluding carboxylic acids is 4. The lowest BCUT2D eigenvalue weighted by atomic mass is 10.0. The largest absolute Gasteiger partial charge is 0.444 e. The zero-order valence-corrected chi connectivity index (χ0v) is 20.6. The van der Waals surface area contributed by atoms with E-state index in [1.165, 1.54) is 4.90 Å². The minimum Gasteiger partial charge on any atom is -0.444 e. The minimum absolute atomic E-state index is 0.0533. The third-order valence-electron chi connectivity index (χ3n) is 4.96. The van der Waals surface area contributed by atoms with E-state index in [1.807, 2.05) is 44.2 Å². The topological polar surface area (TPSA) is 129 Å². The number of rotatable bonds is 10. The van der Waals surface area contributed by atoms with Crippen molar-refractivity contribution in [3.8, 4) is 0 Å². The molecule has 0 aliphatic carbocycles. The van der Waals surface area contributed by atoms with Crippen molar-refractivity contribution >= 4 is 24.1 Å². The number of hydrogen-bond acceptors (Lipinski definition) is 5. The van der Waals surface area contributed by atoms with Gasteiger partial charge in [-0.2, -0.15) is 0 Å². The number of carbonyl (C=O) groups is 4. The molecule has 2 rings (SSSR count). The Morgan fingerprint density at radius 2 is 1.74 bits per heavy atom. The average Bonchev–Trinajstić information content (AvgIpc) is 2.97. The molecule has 1 heterocycles. The number of benzene rings is 1. The van der Waals surface area contributed by atoms with Crippen LogP contribution < -0.4 is 21.3 Å². The van der Waals surface area contributed by atoms with Crippen LogP contribution in [-0.4, -0.2) is 66.3 Å². The molecule has 0 unspecified atom stereocenters. The molecule has 1 saturated heterocycles. The lowest BCUT2D eigenvalue weighted by Crippen LogP contribution is -2.51. The quantitative estimate of drug-likeness (QED) is 0.305. The van der Waals surface area contributed by atoms with Crippen LogP contribution in [0.3, 0.4) is 0 Å². The summed E-state index contributed by atoms with van der Waals surface area (Å²) in [5.41, 5.74) is 0.359. The van der Waals surface area contributed by atoms with Gasteiger partial charge >= 0.3 is 18.2 Å². The van der Waals surface area contributed by atoms with Crippen LogP contribution in [0.2, 0.25) is 0 Å². The van der Waals surface area contributed by atoms with Crippen molar-refractivity contribution < 1.29 is 23.9 Å². The number of imide groups is 1. The fourth-order valence-electron chi connectivity index (χ4n) is 3.55. The second kappa shape index (κ2) is 12.2. The van der Waals surface area contributed by atoms with Crippen LogP contribution in [0.5, 0.6) is 0 Å². The lowest BCUT2D eigenvalue weighted by molar-refractivity contribution is -0.128. The predicted octanol–water partition coefficient (Wildman–Crippen LogP) is 2.39. The van der Waals surface area contributed by atoms with E-state index in [0.717, 1.165) is 5.56 Å². The molecule has 0 radical (unpaired) electrons. The summed E-state index contributed by atoms with van der Waals surface area (Å²) in [5, 5.41) is 10.8. The van der Waals surface area contributed by atoms with Crippen LogP contribution in [0.25, 0.3) is 0 Å². The molecule has 10 nitrogen and oxygen atoms in total. The highest BCUT2D eigenvalue weighted by Crippen LogP contribution is 2.15. The first kappa shape index (κ1) is 26.9. The molecule has 188 valence electrons. The van der Waals surface area contributed by atoms with Crippen molar-refractivity contribution in [2.75, 3.05) is 19.6 Å². The van der Waals surface area contributed by atoms with Crippen molar-refractivity contribution in [3.05, 3.63) is 35.9 Å². The van der Waals surface area contributed by atoms with E-state index in [9.17, 15) is 19.2 Å². The Morgan fingerprint density at radius 3 is 2.35 bits per heavy atom. The molecule has 1 aromatic rings. The fourth-order valence-corrected chi connectivity index (χ4v) is 3.55. The molecule has 0 saturated carbocycles. The molecule has 4 N–H and O–H groups in total. The molecule has 1 fully saturated rings. The second-order valence-electron chi connectivity index (χ2n) is 9.80. The van der Waals surface area contributed by atoms with Crippen molar-refractivity contribution in [1.29, 1.82) is 0 Å². The number of amides is 6.